The van der Waals surface area contributed by atoms with E-state index in [-0.39, 0.29) is 17.8 Å². The van der Waals surface area contributed by atoms with Gasteiger partial charge in [0.15, 0.2) is 0 Å². The maximum Gasteiger partial charge on any atom is 0.270 e. The number of imidazole rings is 1. The second-order valence-corrected chi connectivity index (χ2v) is 4.00. The van der Waals surface area contributed by atoms with E-state index in [9.17, 15) is 19.3 Å². The smallest absolute Gasteiger partial charge is 0.270 e. The second-order valence-electron chi connectivity index (χ2n) is 4.00. The van der Waals surface area contributed by atoms with E-state index in [1.165, 1.54) is 6.33 Å². The Kier molecular flexibility index (Phi) is 4.04. The molecule has 0 aliphatic heterocycles. The van der Waals surface area contributed by atoms with Gasteiger partial charge in [-0.1, -0.05) is 0 Å². The van der Waals surface area contributed by atoms with Crippen molar-refractivity contribution < 1.29 is 14.1 Å². The summed E-state index contributed by atoms with van der Waals surface area (Å²) in [5, 5.41) is 13.1. The highest BCUT2D eigenvalue weighted by Crippen LogP contribution is 2.16. The molecule has 1 aromatic carbocycles. The molecule has 0 aliphatic rings. The lowest BCUT2D eigenvalue weighted by Crippen LogP contribution is -2.26. The molecule has 0 saturated carbocycles. The predicted molar refractivity (Wildman–Crippen MR) is 67.7 cm³/mol. The third kappa shape index (κ3) is 3.16. The number of amides is 1. The van der Waals surface area contributed by atoms with Gasteiger partial charge in [0.1, 0.15) is 5.82 Å². The van der Waals surface area contributed by atoms with Crippen LogP contribution in [0, 0.1) is 15.9 Å². The number of nitro groups is 1. The molecule has 0 bridgehead atoms. The van der Waals surface area contributed by atoms with Gasteiger partial charge in [-0.15, -0.1) is 0 Å². The fourth-order valence-electron chi connectivity index (χ4n) is 1.63. The predicted octanol–water partition coefficient (Wildman–Crippen LogP) is 1.43. The van der Waals surface area contributed by atoms with Crippen LogP contribution in [0.25, 0.3) is 0 Å². The molecule has 2 aromatic rings. The van der Waals surface area contributed by atoms with Crippen molar-refractivity contribution in [2.45, 2.75) is 6.42 Å². The van der Waals surface area contributed by atoms with Crippen molar-refractivity contribution >= 4 is 11.6 Å². The van der Waals surface area contributed by atoms with E-state index in [0.29, 0.717) is 6.42 Å². The first-order valence-electron chi connectivity index (χ1n) is 5.77. The fraction of sp³-hybridized carbons (Fsp3) is 0.167. The minimum absolute atomic E-state index is 0.267. The number of carbonyl (C=O) groups excluding carboxylic acids is 1. The Morgan fingerprint density at radius 3 is 2.95 bits per heavy atom. The minimum Gasteiger partial charge on any atom is -0.352 e. The van der Waals surface area contributed by atoms with Crippen LogP contribution in [0.2, 0.25) is 0 Å². The molecule has 0 atom stereocenters. The zero-order chi connectivity index (χ0) is 14.5. The van der Waals surface area contributed by atoms with Gasteiger partial charge in [-0.05, 0) is 6.07 Å². The molecule has 8 heteroatoms. The molecule has 2 N–H and O–H groups in total. The third-order valence-electron chi connectivity index (χ3n) is 2.64. The summed E-state index contributed by atoms with van der Waals surface area (Å²) in [7, 11) is 0. The summed E-state index contributed by atoms with van der Waals surface area (Å²) in [4.78, 5) is 28.4. The number of non-ortho nitro benzene ring substituents is 1. The van der Waals surface area contributed by atoms with E-state index in [1.54, 1.807) is 6.20 Å². The zero-order valence-electron chi connectivity index (χ0n) is 10.3. The lowest BCUT2D eigenvalue weighted by Gasteiger charge is -2.05. The third-order valence-corrected chi connectivity index (χ3v) is 2.64. The van der Waals surface area contributed by atoms with Gasteiger partial charge in [-0.3, -0.25) is 14.9 Å². The zero-order valence-corrected chi connectivity index (χ0v) is 10.3. The summed E-state index contributed by atoms with van der Waals surface area (Å²) in [6.07, 6.45) is 3.62. The summed E-state index contributed by atoms with van der Waals surface area (Å²) >= 11 is 0. The first-order valence-corrected chi connectivity index (χ1v) is 5.77. The maximum atomic E-state index is 13.5. The average molecular weight is 278 g/mol. The van der Waals surface area contributed by atoms with Gasteiger partial charge in [-0.25, -0.2) is 9.37 Å². The molecular weight excluding hydrogens is 267 g/mol. The van der Waals surface area contributed by atoms with E-state index in [0.717, 1.165) is 23.9 Å². The van der Waals surface area contributed by atoms with Gasteiger partial charge in [0, 0.05) is 37.0 Å². The quantitative estimate of drug-likeness (QED) is 0.638. The van der Waals surface area contributed by atoms with E-state index < -0.39 is 16.6 Å². The maximum absolute atomic E-state index is 13.5. The number of nitrogens with zero attached hydrogens (tertiary/aromatic N) is 2. The Bertz CT molecular complexity index is 628. The Balaban J connectivity index is 2.01. The van der Waals surface area contributed by atoms with Crippen LogP contribution < -0.4 is 5.32 Å². The standard InChI is InChI=1S/C12H11FN4O3/c13-11-2-1-9(17(19)20)5-10(11)12(18)15-4-3-8-6-14-7-16-8/h1-2,5-7H,3-4H2,(H,14,16)(H,15,18). The molecule has 7 nitrogen and oxygen atoms in total. The molecule has 20 heavy (non-hydrogen) atoms. The van der Waals surface area contributed by atoms with E-state index >= 15 is 0 Å². The van der Waals surface area contributed by atoms with Gasteiger partial charge in [0.2, 0.25) is 0 Å². The number of carbonyl (C=O) groups is 1. The Hall–Kier alpha value is -2.77. The van der Waals surface area contributed by atoms with Crippen LogP contribution in [-0.4, -0.2) is 27.3 Å². The SMILES string of the molecule is O=C(NCCc1cnc[nH]1)c1cc([N+](=O)[O-])ccc1F. The van der Waals surface area contributed by atoms with Crippen LogP contribution >= 0.6 is 0 Å². The number of rotatable bonds is 5. The number of H-pyrrole nitrogens is 1. The second kappa shape index (κ2) is 5.91. The number of hydrogen-bond acceptors (Lipinski definition) is 4. The molecule has 0 unspecified atom stereocenters. The minimum atomic E-state index is -0.797. The van der Waals surface area contributed by atoms with Crippen LogP contribution in [0.4, 0.5) is 10.1 Å². The largest absolute Gasteiger partial charge is 0.352 e. The number of benzene rings is 1. The number of hydrogen-bond donors (Lipinski definition) is 2. The van der Waals surface area contributed by atoms with Gasteiger partial charge in [-0.2, -0.15) is 0 Å². The molecule has 0 fully saturated rings. The lowest BCUT2D eigenvalue weighted by atomic mass is 10.1. The van der Waals surface area contributed by atoms with Gasteiger partial charge < -0.3 is 10.3 Å². The van der Waals surface area contributed by atoms with Crippen LogP contribution in [0.3, 0.4) is 0 Å². The summed E-state index contributed by atoms with van der Waals surface area (Å²) < 4.78 is 13.5. The number of aromatic nitrogens is 2. The van der Waals surface area contributed by atoms with E-state index in [4.69, 9.17) is 0 Å². The molecule has 0 aliphatic carbocycles. The molecule has 2 rings (SSSR count). The molecular formula is C12H11FN4O3. The van der Waals surface area contributed by atoms with Crippen molar-refractivity contribution in [1.29, 1.82) is 0 Å². The molecule has 0 radical (unpaired) electrons. The summed E-state index contributed by atoms with van der Waals surface area (Å²) in [5.41, 5.74) is 0.152. The Labute approximate surface area is 113 Å². The first-order chi connectivity index (χ1) is 9.58. The van der Waals surface area contributed by atoms with Gasteiger partial charge in [0.25, 0.3) is 11.6 Å². The van der Waals surface area contributed by atoms with Crippen LogP contribution in [0.1, 0.15) is 16.1 Å². The highest BCUT2D eigenvalue weighted by atomic mass is 19.1. The Morgan fingerprint density at radius 2 is 2.30 bits per heavy atom. The summed E-state index contributed by atoms with van der Waals surface area (Å²) in [5.74, 6) is -1.49. The van der Waals surface area contributed by atoms with Crippen molar-refractivity contribution in [2.24, 2.45) is 0 Å². The molecule has 0 saturated heterocycles. The van der Waals surface area contributed by atoms with Crippen molar-refractivity contribution in [1.82, 2.24) is 15.3 Å². The van der Waals surface area contributed by atoms with Crippen LogP contribution in [-0.2, 0) is 6.42 Å². The van der Waals surface area contributed by atoms with Crippen molar-refractivity contribution in [3.05, 3.63) is 57.9 Å². The number of halogens is 1. The van der Waals surface area contributed by atoms with Gasteiger partial charge >= 0.3 is 0 Å². The average Bonchev–Trinajstić information content (AvgIpc) is 2.92. The normalized spacial score (nSPS) is 10.2. The molecule has 0 spiro atoms. The first kappa shape index (κ1) is 13.7. The van der Waals surface area contributed by atoms with Crippen LogP contribution in [0.5, 0.6) is 0 Å². The van der Waals surface area contributed by atoms with Crippen LogP contribution in [0.15, 0.2) is 30.7 Å². The fourth-order valence-corrected chi connectivity index (χ4v) is 1.63. The van der Waals surface area contributed by atoms with Crippen molar-refractivity contribution in [2.75, 3.05) is 6.54 Å². The highest BCUT2D eigenvalue weighted by Gasteiger charge is 2.16. The monoisotopic (exact) mass is 278 g/mol. The molecule has 1 heterocycles. The van der Waals surface area contributed by atoms with Crippen molar-refractivity contribution in [3.63, 3.8) is 0 Å². The van der Waals surface area contributed by atoms with Gasteiger partial charge in [0.05, 0.1) is 16.8 Å². The molecule has 104 valence electrons. The number of nitrogens with one attached hydrogen (secondary N) is 2. The lowest BCUT2D eigenvalue weighted by molar-refractivity contribution is -0.384. The van der Waals surface area contributed by atoms with Crippen molar-refractivity contribution in [3.8, 4) is 0 Å². The number of nitro benzene ring substituents is 1. The number of aromatic amines is 1. The molecule has 1 amide bonds. The molecule has 1 aromatic heterocycles. The highest BCUT2D eigenvalue weighted by molar-refractivity contribution is 5.95. The summed E-state index contributed by atoms with van der Waals surface area (Å²) in [6.45, 7) is 0.267. The summed E-state index contributed by atoms with van der Waals surface area (Å²) in [6, 6.07) is 2.83. The topological polar surface area (TPSA) is 101 Å². The van der Waals surface area contributed by atoms with E-state index in [2.05, 4.69) is 15.3 Å². The Morgan fingerprint density at radius 1 is 1.50 bits per heavy atom. The van der Waals surface area contributed by atoms with E-state index in [1.807, 2.05) is 0 Å².